The first-order valence-electron chi connectivity index (χ1n) is 22.0. The third-order valence-electron chi connectivity index (χ3n) is 13.0. The highest BCUT2D eigenvalue weighted by molar-refractivity contribution is 6.33. The molecule has 400 valence electrons. The van der Waals surface area contributed by atoms with Crippen LogP contribution in [0.1, 0.15) is 68.7 Å². The molecule has 0 aliphatic heterocycles. The largest absolute Gasteiger partial charge is 0.478 e. The summed E-state index contributed by atoms with van der Waals surface area (Å²) in [7, 11) is 5.84. The Morgan fingerprint density at radius 3 is 1.34 bits per heavy atom. The van der Waals surface area contributed by atoms with E-state index in [1.807, 2.05) is 0 Å². The van der Waals surface area contributed by atoms with Crippen LogP contribution in [0.15, 0.2) is 107 Å². The fourth-order valence-electron chi connectivity index (χ4n) is 8.63. The molecule has 0 saturated carbocycles. The lowest BCUT2D eigenvalue weighted by molar-refractivity contribution is -0.274. The van der Waals surface area contributed by atoms with E-state index >= 15 is 0 Å². The molecular formula is C50H40Cl4F6N6O10. The van der Waals surface area contributed by atoms with Crippen LogP contribution in [-0.4, -0.2) is 73.0 Å². The maximum Gasteiger partial charge on any atom is 0.422 e. The summed E-state index contributed by atoms with van der Waals surface area (Å²) in [5, 5.41) is 40.4. The topological polar surface area (TPSA) is 213 Å². The summed E-state index contributed by atoms with van der Waals surface area (Å²) in [6, 6.07) is 17.2. The molecule has 76 heavy (non-hydrogen) atoms. The van der Waals surface area contributed by atoms with E-state index < -0.39 is 69.8 Å². The first-order chi connectivity index (χ1) is 35.3. The van der Waals surface area contributed by atoms with Crippen LogP contribution in [0.25, 0.3) is 22.1 Å². The molecule has 0 aliphatic carbocycles. The molecule has 0 saturated heterocycles. The van der Waals surface area contributed by atoms with Crippen LogP contribution < -0.4 is 20.9 Å². The first-order valence-corrected chi connectivity index (χ1v) is 23.5. The number of fused-ring (bicyclic) bond motifs is 2. The van der Waals surface area contributed by atoms with E-state index in [1.54, 1.807) is 0 Å². The zero-order valence-corrected chi connectivity index (χ0v) is 43.1. The minimum Gasteiger partial charge on any atom is -0.478 e. The number of ether oxygens (including phenoxy) is 2. The van der Waals surface area contributed by atoms with Crippen molar-refractivity contribution in [3.63, 3.8) is 0 Å². The summed E-state index contributed by atoms with van der Waals surface area (Å²) < 4.78 is 103. The van der Waals surface area contributed by atoms with Gasteiger partial charge in [-0.25, -0.2) is 29.1 Å². The highest BCUT2D eigenvalue weighted by Crippen LogP contribution is 2.52. The van der Waals surface area contributed by atoms with Crippen LogP contribution in [0.5, 0.6) is 23.1 Å². The van der Waals surface area contributed by atoms with Gasteiger partial charge < -0.3 is 29.9 Å². The number of halogens is 10. The normalized spacial score (nSPS) is 14.3. The fourth-order valence-corrected chi connectivity index (χ4v) is 9.67. The molecule has 0 bridgehead atoms. The van der Waals surface area contributed by atoms with Gasteiger partial charge in [0, 0.05) is 74.6 Å². The van der Waals surface area contributed by atoms with Crippen LogP contribution in [0.2, 0.25) is 20.2 Å². The van der Waals surface area contributed by atoms with E-state index in [0.717, 1.165) is 36.7 Å². The SMILES string of the molecule is C[C@H](c1ccc(Oc2cc(Cl)c(C(=O)O)cn2)cc1Cl)[C@@](O)(c1ccc2c(c1)n(C)c(=O)n2C)C(F)(F)F.C[C@H](c1ccc(Oc2cc(Cl)ncc2C(=O)O)cc1Cl)[C@@](O)(c1ccc2c(c1)n(C)c(=O)n2C)C(F)(F)F. The highest BCUT2D eigenvalue weighted by atomic mass is 35.5. The quantitative estimate of drug-likeness (QED) is 0.0664. The van der Waals surface area contributed by atoms with E-state index in [1.165, 1.54) is 121 Å². The average Bonchev–Trinajstić information content (AvgIpc) is 3.73. The molecule has 8 aromatic rings. The van der Waals surface area contributed by atoms with Gasteiger partial charge >= 0.3 is 35.7 Å². The maximum atomic E-state index is 14.5. The van der Waals surface area contributed by atoms with Crippen LogP contribution in [0, 0.1) is 0 Å². The molecule has 0 radical (unpaired) electrons. The maximum absolute atomic E-state index is 14.5. The molecule has 0 aliphatic rings. The Balaban J connectivity index is 0.000000221. The van der Waals surface area contributed by atoms with Crippen LogP contribution in [0.4, 0.5) is 26.3 Å². The van der Waals surface area contributed by atoms with Crippen molar-refractivity contribution in [2.75, 3.05) is 0 Å². The third kappa shape index (κ3) is 10.2. The Hall–Kier alpha value is -7.08. The number of hydrogen-bond acceptors (Lipinski definition) is 10. The molecule has 4 aromatic carbocycles. The molecule has 4 aromatic heterocycles. The number of benzene rings is 4. The standard InChI is InChI=1S/2C25H20Cl2F3N3O5/c1-12(15-6-5-14(9-17(15)26)38-21-10-18(27)16(11-31-21)22(34)35)24(37,25(28,29)30)13-4-7-19-20(8-13)33(3)23(36)32(19)2;1-12(15-6-5-14(9-17(15)26)38-20-10-21(27)31-11-16(20)22(34)35)24(37,25(28,29)30)13-4-7-18-19(8-13)33(3)23(36)32(18)2/h2*4-12,37H,1-3H3,(H,34,35)/t2*12-,24-/m11/s1. The summed E-state index contributed by atoms with van der Waals surface area (Å²) in [5.74, 6) is -5.89. The number of alkyl halides is 6. The molecule has 0 unspecified atom stereocenters. The predicted molar refractivity (Wildman–Crippen MR) is 269 cm³/mol. The summed E-state index contributed by atoms with van der Waals surface area (Å²) >= 11 is 24.4. The van der Waals surface area contributed by atoms with E-state index in [4.69, 9.17) is 61.0 Å². The number of carbonyl (C=O) groups is 2. The number of nitrogens with zero attached hydrogens (tertiary/aromatic N) is 6. The molecule has 16 nitrogen and oxygen atoms in total. The summed E-state index contributed by atoms with van der Waals surface area (Å²) in [6.07, 6.45) is -8.24. The fraction of sp³-hybridized carbons (Fsp3) is 0.240. The zero-order valence-electron chi connectivity index (χ0n) is 40.1. The predicted octanol–water partition coefficient (Wildman–Crippen LogP) is 11.2. The Bertz CT molecular complexity index is 3750. The number of hydrogen-bond donors (Lipinski definition) is 4. The second kappa shape index (κ2) is 20.8. The van der Waals surface area contributed by atoms with Crippen molar-refractivity contribution in [1.82, 2.24) is 28.2 Å². The number of aryl methyl sites for hydroxylation is 4. The number of aromatic carboxylic acids is 2. The van der Waals surface area contributed by atoms with E-state index in [0.29, 0.717) is 11.0 Å². The van der Waals surface area contributed by atoms with Crippen molar-refractivity contribution in [3.8, 4) is 23.1 Å². The number of rotatable bonds is 12. The summed E-state index contributed by atoms with van der Waals surface area (Å²) in [6.45, 7) is 2.37. The number of carboxylic acid groups (broad SMARTS) is 2. The van der Waals surface area contributed by atoms with Crippen molar-refractivity contribution in [3.05, 3.63) is 172 Å². The number of carboxylic acids is 2. The molecule has 0 fully saturated rings. The number of imidazole rings is 2. The Morgan fingerprint density at radius 1 is 0.539 bits per heavy atom. The summed E-state index contributed by atoms with van der Waals surface area (Å²) in [5.41, 5.74) is -7.88. The van der Waals surface area contributed by atoms with Crippen molar-refractivity contribution in [1.29, 1.82) is 0 Å². The molecule has 4 heterocycles. The molecule has 0 amide bonds. The van der Waals surface area contributed by atoms with Gasteiger partial charge in [0.2, 0.25) is 5.88 Å². The highest BCUT2D eigenvalue weighted by Gasteiger charge is 2.60. The zero-order chi connectivity index (χ0) is 56.3. The molecule has 8 rings (SSSR count). The lowest BCUT2D eigenvalue weighted by Crippen LogP contribution is -2.46. The molecule has 26 heteroatoms. The van der Waals surface area contributed by atoms with Gasteiger partial charge in [0.15, 0.2) is 11.2 Å². The first kappa shape index (κ1) is 56.6. The van der Waals surface area contributed by atoms with Gasteiger partial charge in [0.25, 0.3) is 0 Å². The molecule has 4 atom stereocenters. The van der Waals surface area contributed by atoms with Crippen molar-refractivity contribution in [2.45, 2.75) is 49.2 Å². The molecule has 4 N–H and O–H groups in total. The number of pyridine rings is 2. The van der Waals surface area contributed by atoms with Crippen molar-refractivity contribution >= 4 is 80.4 Å². The van der Waals surface area contributed by atoms with Crippen molar-refractivity contribution < 1.29 is 65.8 Å². The van der Waals surface area contributed by atoms with Gasteiger partial charge in [0.1, 0.15) is 28.0 Å². The van der Waals surface area contributed by atoms with E-state index in [-0.39, 0.29) is 76.6 Å². The van der Waals surface area contributed by atoms with Crippen LogP contribution in [0.3, 0.4) is 0 Å². The minimum absolute atomic E-state index is 0.0203. The van der Waals surface area contributed by atoms with Gasteiger partial charge in [-0.2, -0.15) is 26.3 Å². The molecular weight excluding hydrogens is 1100 g/mol. The Morgan fingerprint density at radius 2 is 0.947 bits per heavy atom. The van der Waals surface area contributed by atoms with Crippen LogP contribution in [-0.2, 0) is 39.4 Å². The lowest BCUT2D eigenvalue weighted by atomic mass is 9.77. The van der Waals surface area contributed by atoms with Gasteiger partial charge in [-0.05, 0) is 70.8 Å². The van der Waals surface area contributed by atoms with E-state index in [9.17, 15) is 60.8 Å². The van der Waals surface area contributed by atoms with Gasteiger partial charge in [-0.15, -0.1) is 0 Å². The van der Waals surface area contributed by atoms with E-state index in [2.05, 4.69) is 9.97 Å². The van der Waals surface area contributed by atoms with Crippen molar-refractivity contribution in [2.24, 2.45) is 28.2 Å². The molecule has 0 spiro atoms. The smallest absolute Gasteiger partial charge is 0.422 e. The average molecular weight is 1140 g/mol. The van der Waals surface area contributed by atoms with Crippen LogP contribution >= 0.6 is 46.4 Å². The monoisotopic (exact) mass is 1140 g/mol. The van der Waals surface area contributed by atoms with Gasteiger partial charge in [-0.1, -0.05) is 84.5 Å². The second-order valence-corrected chi connectivity index (χ2v) is 19.0. The third-order valence-corrected chi connectivity index (χ3v) is 14.2. The number of aliphatic hydroxyl groups is 2. The minimum atomic E-state index is -5.13. The Labute approximate surface area is 445 Å². The second-order valence-electron chi connectivity index (χ2n) is 17.4. The van der Waals surface area contributed by atoms with Gasteiger partial charge in [-0.3, -0.25) is 18.3 Å². The van der Waals surface area contributed by atoms with Gasteiger partial charge in [0.05, 0.1) is 32.7 Å². The summed E-state index contributed by atoms with van der Waals surface area (Å²) in [4.78, 5) is 54.6. The number of aromatic nitrogens is 6. The lowest BCUT2D eigenvalue weighted by Gasteiger charge is -2.37. The Kier molecular flexibility index (Phi) is 15.5.